The van der Waals surface area contributed by atoms with Crippen molar-refractivity contribution < 1.29 is 55.1 Å². The Kier molecular flexibility index (Phi) is 11.9. The number of aliphatic hydroxyl groups excluding tert-OH is 7. The molecule has 8 N–H and O–H groups in total. The van der Waals surface area contributed by atoms with E-state index in [4.69, 9.17) is 14.2 Å². The van der Waals surface area contributed by atoms with Gasteiger partial charge in [-0.25, -0.2) is 0 Å². The molecule has 4 rings (SSSR count). The van der Waals surface area contributed by atoms with Gasteiger partial charge in [-0.3, -0.25) is 0 Å². The van der Waals surface area contributed by atoms with Gasteiger partial charge in [0.25, 0.3) is 0 Å². The minimum Gasteiger partial charge on any atom is -0.396 e. The molecule has 4 aliphatic rings. The van der Waals surface area contributed by atoms with Crippen molar-refractivity contribution in [3.05, 3.63) is 0 Å². The lowest BCUT2D eigenvalue weighted by Gasteiger charge is -2.66. The number of hydrogen-bond donors (Lipinski definition) is 8. The second-order valence-electron chi connectivity index (χ2n) is 15.4. The van der Waals surface area contributed by atoms with Crippen molar-refractivity contribution in [2.75, 3.05) is 26.9 Å². The minimum atomic E-state index is -1.57. The van der Waals surface area contributed by atoms with Crippen LogP contribution in [0, 0.1) is 40.4 Å². The van der Waals surface area contributed by atoms with Gasteiger partial charge < -0.3 is 55.1 Å². The lowest BCUT2D eigenvalue weighted by Crippen LogP contribution is -2.71. The molecule has 1 aliphatic heterocycles. The van der Waals surface area contributed by atoms with Crippen LogP contribution in [0.15, 0.2) is 0 Å². The molecule has 11 nitrogen and oxygen atoms in total. The van der Waals surface area contributed by atoms with Gasteiger partial charge >= 0.3 is 0 Å². The highest BCUT2D eigenvalue weighted by Crippen LogP contribution is 2.65. The van der Waals surface area contributed by atoms with Crippen molar-refractivity contribution in [2.45, 2.75) is 140 Å². The lowest BCUT2D eigenvalue weighted by molar-refractivity contribution is -0.310. The normalized spacial score (nSPS) is 47.2. The largest absolute Gasteiger partial charge is 0.396 e. The topological polar surface area (TPSA) is 190 Å². The highest BCUT2D eigenvalue weighted by molar-refractivity contribution is 5.17. The molecule has 258 valence electrons. The van der Waals surface area contributed by atoms with Gasteiger partial charge in [-0.15, -0.1) is 0 Å². The summed E-state index contributed by atoms with van der Waals surface area (Å²) in [6.45, 7) is 7.87. The zero-order valence-corrected chi connectivity index (χ0v) is 27.3. The Labute approximate surface area is 262 Å². The smallest absolute Gasteiger partial charge is 0.186 e. The zero-order chi connectivity index (χ0) is 32.6. The molecule has 4 fully saturated rings. The summed E-state index contributed by atoms with van der Waals surface area (Å²) < 4.78 is 17.3. The van der Waals surface area contributed by atoms with Gasteiger partial charge in [-0.05, 0) is 85.4 Å². The Morgan fingerprint density at radius 1 is 0.955 bits per heavy atom. The SMILES string of the molecule is CO[C@H]1[C@H](O[C@H]2CC[C@@]3(C)C(C2)[C@@H](O)[C@@H](O)[C@@]2(O)C[C@@](C)([C@@H]([C@H](C)CCC[C@H](C)CO)[C@@H](O)CO)CCC32)OC[C@@H](O)[C@@H]1O. The van der Waals surface area contributed by atoms with Gasteiger partial charge in [0, 0.05) is 13.7 Å². The molecule has 0 aromatic rings. The molecule has 0 spiro atoms. The monoisotopic (exact) mass is 632 g/mol. The predicted octanol–water partition coefficient (Wildman–Crippen LogP) is 0.948. The van der Waals surface area contributed by atoms with Crippen LogP contribution >= 0.6 is 0 Å². The average Bonchev–Trinajstić information content (AvgIpc) is 2.98. The molecule has 1 saturated heterocycles. The third-order valence-electron chi connectivity index (χ3n) is 12.4. The number of ether oxygens (including phenoxy) is 3. The highest BCUT2D eigenvalue weighted by Gasteiger charge is 2.67. The van der Waals surface area contributed by atoms with E-state index in [-0.39, 0.29) is 55.3 Å². The number of aliphatic hydroxyl groups is 8. The second kappa shape index (κ2) is 14.4. The Balaban J connectivity index is 1.51. The first-order chi connectivity index (χ1) is 20.7. The van der Waals surface area contributed by atoms with Crippen molar-refractivity contribution in [1.82, 2.24) is 0 Å². The van der Waals surface area contributed by atoms with Crippen molar-refractivity contribution in [3.63, 3.8) is 0 Å². The average molecular weight is 633 g/mol. The summed E-state index contributed by atoms with van der Waals surface area (Å²) in [5, 5.41) is 86.5. The van der Waals surface area contributed by atoms with Crippen LogP contribution in [0.5, 0.6) is 0 Å². The highest BCUT2D eigenvalue weighted by atomic mass is 16.7. The molecule has 1 heterocycles. The van der Waals surface area contributed by atoms with E-state index in [1.807, 2.05) is 13.8 Å². The van der Waals surface area contributed by atoms with E-state index >= 15 is 0 Å². The predicted molar refractivity (Wildman–Crippen MR) is 161 cm³/mol. The molecule has 44 heavy (non-hydrogen) atoms. The van der Waals surface area contributed by atoms with Gasteiger partial charge in [0.1, 0.15) is 24.4 Å². The molecular formula is C33H60O11. The molecule has 0 aromatic heterocycles. The van der Waals surface area contributed by atoms with Crippen LogP contribution in [0.1, 0.15) is 85.5 Å². The van der Waals surface area contributed by atoms with Gasteiger partial charge in [-0.1, -0.05) is 40.5 Å². The van der Waals surface area contributed by atoms with E-state index in [1.54, 1.807) is 0 Å². The van der Waals surface area contributed by atoms with E-state index < -0.39 is 66.0 Å². The summed E-state index contributed by atoms with van der Waals surface area (Å²) in [7, 11) is 1.42. The maximum absolute atomic E-state index is 12.4. The Hall–Kier alpha value is -0.440. The molecule has 0 aromatic carbocycles. The molecule has 3 saturated carbocycles. The van der Waals surface area contributed by atoms with Crippen LogP contribution in [0.2, 0.25) is 0 Å². The fourth-order valence-electron chi connectivity index (χ4n) is 10.0. The summed E-state index contributed by atoms with van der Waals surface area (Å²) in [4.78, 5) is 0. The number of hydrogen-bond acceptors (Lipinski definition) is 11. The maximum atomic E-state index is 12.4. The summed E-state index contributed by atoms with van der Waals surface area (Å²) in [6, 6.07) is 0. The fourth-order valence-corrected chi connectivity index (χ4v) is 10.0. The van der Waals surface area contributed by atoms with E-state index in [0.717, 1.165) is 19.3 Å². The molecule has 0 radical (unpaired) electrons. The first kappa shape index (κ1) is 36.4. The summed E-state index contributed by atoms with van der Waals surface area (Å²) >= 11 is 0. The van der Waals surface area contributed by atoms with Crippen LogP contribution in [-0.2, 0) is 14.2 Å². The molecule has 11 heteroatoms. The number of rotatable bonds is 12. The van der Waals surface area contributed by atoms with Crippen LogP contribution in [0.25, 0.3) is 0 Å². The first-order valence-electron chi connectivity index (χ1n) is 16.8. The third kappa shape index (κ3) is 6.76. The van der Waals surface area contributed by atoms with Crippen molar-refractivity contribution in [3.8, 4) is 0 Å². The molecule has 16 atom stereocenters. The van der Waals surface area contributed by atoms with Gasteiger partial charge in [0.05, 0.1) is 37.1 Å². The fraction of sp³-hybridized carbons (Fsp3) is 1.00. The van der Waals surface area contributed by atoms with Crippen LogP contribution in [0.4, 0.5) is 0 Å². The molecular weight excluding hydrogens is 572 g/mol. The molecule has 0 amide bonds. The summed E-state index contributed by atoms with van der Waals surface area (Å²) in [5.74, 6) is -0.724. The molecule has 0 bridgehead atoms. The summed E-state index contributed by atoms with van der Waals surface area (Å²) in [5.41, 5.74) is -2.63. The van der Waals surface area contributed by atoms with Gasteiger partial charge in [0.15, 0.2) is 6.29 Å². The van der Waals surface area contributed by atoms with Gasteiger partial charge in [-0.2, -0.15) is 0 Å². The van der Waals surface area contributed by atoms with E-state index in [2.05, 4.69) is 13.8 Å². The number of fused-ring (bicyclic) bond motifs is 3. The van der Waals surface area contributed by atoms with Crippen LogP contribution in [-0.4, -0.2) is 122 Å². The quantitative estimate of drug-likeness (QED) is 0.143. The van der Waals surface area contributed by atoms with Crippen molar-refractivity contribution in [1.29, 1.82) is 0 Å². The van der Waals surface area contributed by atoms with Crippen LogP contribution in [0.3, 0.4) is 0 Å². The number of methoxy groups -OCH3 is 1. The van der Waals surface area contributed by atoms with E-state index in [1.165, 1.54) is 7.11 Å². The minimum absolute atomic E-state index is 0.0346. The van der Waals surface area contributed by atoms with Crippen molar-refractivity contribution >= 4 is 0 Å². The van der Waals surface area contributed by atoms with Gasteiger partial charge in [0.2, 0.25) is 0 Å². The van der Waals surface area contributed by atoms with Crippen LogP contribution < -0.4 is 0 Å². The third-order valence-corrected chi connectivity index (χ3v) is 12.4. The van der Waals surface area contributed by atoms with E-state index in [0.29, 0.717) is 32.1 Å². The Bertz CT molecular complexity index is 924. The molecule has 2 unspecified atom stereocenters. The second-order valence-corrected chi connectivity index (χ2v) is 15.4. The standard InChI is InChI=1S/C33H60O11/c1-18(14-34)7-6-8-19(2)25(22(36)15-35)31(3)11-10-24-32(4)12-9-20(13-21(32)26(38)29(40)33(24,41)17-31)44-30-28(42-5)27(39)23(37)16-43-30/h18-30,34-41H,6-17H2,1-5H3/t18-,19+,20-,21?,22-,23+,24?,25-,26+,27-,28+,29+,30-,31-,32-,33+/m0/s1. The first-order valence-corrected chi connectivity index (χ1v) is 16.8. The summed E-state index contributed by atoms with van der Waals surface area (Å²) in [6.07, 6.45) is -2.11. The molecule has 3 aliphatic carbocycles. The maximum Gasteiger partial charge on any atom is 0.186 e. The zero-order valence-electron chi connectivity index (χ0n) is 27.3. The Morgan fingerprint density at radius 3 is 2.30 bits per heavy atom. The van der Waals surface area contributed by atoms with E-state index in [9.17, 15) is 40.9 Å². The lowest BCUT2D eigenvalue weighted by atomic mass is 9.42. The van der Waals surface area contributed by atoms with Crippen molar-refractivity contribution in [2.24, 2.45) is 40.4 Å². The Morgan fingerprint density at radius 2 is 1.66 bits per heavy atom.